The summed E-state index contributed by atoms with van der Waals surface area (Å²) in [4.78, 5) is 25.8. The molecular formula is C56H80O2. The normalized spacial score (nSPS) is 15.4. The van der Waals surface area contributed by atoms with Crippen molar-refractivity contribution in [3.05, 3.63) is 151 Å². The fourth-order valence-electron chi connectivity index (χ4n) is 7.30. The maximum Gasteiger partial charge on any atom is 0.190 e. The molecule has 0 amide bonds. The van der Waals surface area contributed by atoms with Gasteiger partial charge in [-0.05, 0) is 185 Å². The summed E-state index contributed by atoms with van der Waals surface area (Å²) >= 11 is 0. The van der Waals surface area contributed by atoms with E-state index in [-0.39, 0.29) is 11.6 Å². The number of hydrogen-bond donors (Lipinski definition) is 0. The number of Topliss-reactive ketones (excluding diaryl/α,β-unsaturated/α-hetero) is 2. The minimum atomic E-state index is -0.0231. The zero-order chi connectivity index (χ0) is 42.9. The van der Waals surface area contributed by atoms with E-state index in [1.165, 1.54) is 69.4 Å². The highest BCUT2D eigenvalue weighted by Gasteiger charge is 2.28. The van der Waals surface area contributed by atoms with Gasteiger partial charge >= 0.3 is 0 Å². The van der Waals surface area contributed by atoms with Crippen molar-refractivity contribution in [1.82, 2.24) is 0 Å². The molecule has 0 N–H and O–H groups in total. The first-order chi connectivity index (χ1) is 27.7. The molecule has 1 aliphatic rings. The first kappa shape index (κ1) is 50.1. The van der Waals surface area contributed by atoms with E-state index in [4.69, 9.17) is 0 Å². The molecule has 2 nitrogen and oxygen atoms in total. The summed E-state index contributed by atoms with van der Waals surface area (Å²) in [6.45, 7) is 24.2. The van der Waals surface area contributed by atoms with Crippen LogP contribution in [0, 0.1) is 0 Å². The van der Waals surface area contributed by atoms with Crippen LogP contribution in [0.5, 0.6) is 0 Å². The summed E-state index contributed by atoms with van der Waals surface area (Å²) < 4.78 is 0. The van der Waals surface area contributed by atoms with E-state index in [0.29, 0.717) is 28.7 Å². The molecular weight excluding hydrogens is 711 g/mol. The largest absolute Gasteiger partial charge is 0.289 e. The average molecular weight is 791 g/mol. The topological polar surface area (TPSA) is 34.1 Å². The summed E-state index contributed by atoms with van der Waals surface area (Å²) in [5, 5.41) is 0. The summed E-state index contributed by atoms with van der Waals surface area (Å²) in [6, 6.07) is 7.16. The number of benzene rings is 1. The molecule has 0 aromatic heterocycles. The number of allylic oxidation sites excluding steroid dienone is 20. The SMILES string of the molecule is CC(C)=CCC/C(C)=C/CC/C(C)=C/CC/C(C)=C/CC/C(C)=C/CC/C(C)=C/CC/C(C)=C/CC/C(C)=C/CC/C(C)=C/CC1=C(C)C(=O)[13c]2[13cH][13cH][13cH][13cH][13c]2C1=O. The number of rotatable bonds is 26. The summed E-state index contributed by atoms with van der Waals surface area (Å²) in [5.41, 5.74) is 15.4. The number of carbonyl (C=O) groups excluding carboxylic acids is 2. The molecule has 2 heteroatoms. The van der Waals surface area contributed by atoms with Gasteiger partial charge in [-0.15, -0.1) is 0 Å². The average Bonchev–Trinajstić information content (AvgIpc) is 3.17. The Balaban J connectivity index is 1.60. The third-order valence-corrected chi connectivity index (χ3v) is 11.4. The summed E-state index contributed by atoms with van der Waals surface area (Å²) in [6.07, 6.45) is 39.9. The molecule has 0 bridgehead atoms. The van der Waals surface area contributed by atoms with Gasteiger partial charge in [0.15, 0.2) is 11.6 Å². The van der Waals surface area contributed by atoms with Crippen LogP contribution in [0.15, 0.2) is 140 Å². The predicted octanol–water partition coefficient (Wildman–Crippen LogP) is 17.6. The third kappa shape index (κ3) is 21.1. The molecule has 0 aliphatic heterocycles. The lowest BCUT2D eigenvalue weighted by Gasteiger charge is -2.18. The molecule has 0 spiro atoms. The van der Waals surface area contributed by atoms with E-state index >= 15 is 0 Å². The third-order valence-electron chi connectivity index (χ3n) is 11.4. The van der Waals surface area contributed by atoms with Crippen molar-refractivity contribution in [2.24, 2.45) is 0 Å². The van der Waals surface area contributed by atoms with E-state index in [2.05, 4.69) is 124 Å². The van der Waals surface area contributed by atoms with Crippen molar-refractivity contribution in [2.45, 2.75) is 185 Å². The van der Waals surface area contributed by atoms with Crippen LogP contribution in [0.4, 0.5) is 0 Å². The van der Waals surface area contributed by atoms with E-state index in [1.54, 1.807) is 19.1 Å². The second kappa shape index (κ2) is 28.4. The lowest BCUT2D eigenvalue weighted by atomic mass is 9.98. The Morgan fingerprint density at radius 1 is 0.379 bits per heavy atom. The first-order valence-corrected chi connectivity index (χ1v) is 22.4. The maximum atomic E-state index is 13.0. The van der Waals surface area contributed by atoms with E-state index in [9.17, 15) is 9.59 Å². The fraction of sp³-hybridized carbons (Fsp3) is 0.500. The van der Waals surface area contributed by atoms with Crippen molar-refractivity contribution < 1.29 is 9.59 Å². The fourth-order valence-corrected chi connectivity index (χ4v) is 7.30. The molecule has 2 rings (SSSR count). The number of ketones is 2. The highest BCUT2D eigenvalue weighted by Crippen LogP contribution is 2.29. The standard InChI is InChI=1S/C56H80O2/c1-42(2)22-14-23-43(3)24-15-25-44(4)26-16-27-45(5)28-17-29-46(6)30-18-31-47(7)32-19-33-48(8)34-20-35-49(9)36-21-37-50(10)40-41-52-51(11)55(57)53-38-12-13-39-54(53)56(52)58/h12-13,22,24,26,28,30,32,34,36,38-40H,14-21,23,25,27,29,31,33,35,37,41H2,1-11H3/b43-24+,44-26+,45-28+,46-30+,47-32+,48-34+,49-36+,50-40+/i12+1,13+1,38+1,39+1,53+1,54+1. The molecule has 0 heterocycles. The van der Waals surface area contributed by atoms with Crippen LogP contribution in [-0.2, 0) is 0 Å². The van der Waals surface area contributed by atoms with Crippen LogP contribution < -0.4 is 0 Å². The second-order valence-corrected chi connectivity index (χ2v) is 17.5. The summed E-state index contributed by atoms with van der Waals surface area (Å²) in [5.74, 6) is -0.0318. The van der Waals surface area contributed by atoms with Crippen molar-refractivity contribution in [3.8, 4) is 0 Å². The molecule has 0 saturated carbocycles. The monoisotopic (exact) mass is 791 g/mol. The van der Waals surface area contributed by atoms with Crippen LogP contribution in [0.3, 0.4) is 0 Å². The number of fused-ring (bicyclic) bond motifs is 1. The minimum Gasteiger partial charge on any atom is -0.289 e. The molecule has 316 valence electrons. The minimum absolute atomic E-state index is 0.00864. The molecule has 0 saturated heterocycles. The Kier molecular flexibility index (Phi) is 24.5. The van der Waals surface area contributed by atoms with Gasteiger partial charge in [-0.3, -0.25) is 9.59 Å². The molecule has 1 aromatic carbocycles. The van der Waals surface area contributed by atoms with Gasteiger partial charge < -0.3 is 0 Å². The van der Waals surface area contributed by atoms with Gasteiger partial charge in [-0.25, -0.2) is 0 Å². The lowest BCUT2D eigenvalue weighted by molar-refractivity contribution is 0.0973. The highest BCUT2D eigenvalue weighted by molar-refractivity contribution is 6.26. The van der Waals surface area contributed by atoms with Crippen LogP contribution in [0.25, 0.3) is 0 Å². The summed E-state index contributed by atoms with van der Waals surface area (Å²) in [7, 11) is 0. The smallest absolute Gasteiger partial charge is 0.190 e. The molecule has 1 aliphatic carbocycles. The molecule has 0 fully saturated rings. The van der Waals surface area contributed by atoms with E-state index in [0.717, 1.165) is 83.5 Å². The van der Waals surface area contributed by atoms with Gasteiger partial charge in [-0.1, -0.05) is 129 Å². The molecule has 0 unspecified atom stereocenters. The Morgan fingerprint density at radius 3 is 0.931 bits per heavy atom. The van der Waals surface area contributed by atoms with E-state index < -0.39 is 0 Å². The number of carbonyl (C=O) groups is 2. The van der Waals surface area contributed by atoms with Crippen molar-refractivity contribution in [1.29, 1.82) is 0 Å². The van der Waals surface area contributed by atoms with Gasteiger partial charge in [0, 0.05) is 22.3 Å². The zero-order valence-electron chi connectivity index (χ0n) is 38.8. The lowest BCUT2D eigenvalue weighted by Crippen LogP contribution is -2.20. The zero-order valence-corrected chi connectivity index (χ0v) is 38.8. The van der Waals surface area contributed by atoms with Crippen LogP contribution in [0.1, 0.15) is 206 Å². The van der Waals surface area contributed by atoms with Gasteiger partial charge in [0.25, 0.3) is 0 Å². The number of hydrogen-bond acceptors (Lipinski definition) is 2. The van der Waals surface area contributed by atoms with E-state index in [1.807, 2.05) is 12.1 Å². The molecule has 58 heavy (non-hydrogen) atoms. The van der Waals surface area contributed by atoms with Gasteiger partial charge in [-0.2, -0.15) is 0 Å². The van der Waals surface area contributed by atoms with Crippen molar-refractivity contribution in [3.63, 3.8) is 0 Å². The molecule has 0 radical (unpaired) electrons. The van der Waals surface area contributed by atoms with Gasteiger partial charge in [0.2, 0.25) is 0 Å². The molecule has 0 atom stereocenters. The van der Waals surface area contributed by atoms with Crippen LogP contribution in [-0.4, -0.2) is 11.6 Å². The Hall–Kier alpha value is -4.04. The highest BCUT2D eigenvalue weighted by atomic mass is 16.2. The predicted molar refractivity (Wildman–Crippen MR) is 256 cm³/mol. The van der Waals surface area contributed by atoms with Crippen molar-refractivity contribution in [2.75, 3.05) is 0 Å². The van der Waals surface area contributed by atoms with Crippen molar-refractivity contribution >= 4 is 11.6 Å². The Labute approximate surface area is 356 Å². The van der Waals surface area contributed by atoms with Crippen LogP contribution >= 0.6 is 0 Å². The second-order valence-electron chi connectivity index (χ2n) is 17.5. The maximum absolute atomic E-state index is 13.0. The molecule has 1 aromatic rings. The Morgan fingerprint density at radius 2 is 0.638 bits per heavy atom. The first-order valence-electron chi connectivity index (χ1n) is 22.4. The van der Waals surface area contributed by atoms with Crippen LogP contribution in [0.2, 0.25) is 0 Å². The Bertz CT molecular complexity index is 1810. The van der Waals surface area contributed by atoms with Gasteiger partial charge in [0.05, 0.1) is 0 Å². The quantitative estimate of drug-likeness (QED) is 0.0876. The van der Waals surface area contributed by atoms with Gasteiger partial charge in [0.1, 0.15) is 0 Å².